The van der Waals surface area contributed by atoms with Gasteiger partial charge in [-0.05, 0) is 68.4 Å². The molecule has 0 atom stereocenters. The van der Waals surface area contributed by atoms with Crippen LogP contribution in [0.15, 0.2) is 54.7 Å². The number of ether oxygens (including phenoxy) is 1. The van der Waals surface area contributed by atoms with Gasteiger partial charge in [0.1, 0.15) is 12.4 Å². The lowest BCUT2D eigenvalue weighted by molar-refractivity contribution is -0.384. The number of halogens is 2. The van der Waals surface area contributed by atoms with Crippen molar-refractivity contribution in [3.8, 4) is 11.4 Å². The molecule has 3 aromatic rings. The van der Waals surface area contributed by atoms with Crippen molar-refractivity contribution in [1.82, 2.24) is 9.78 Å². The SMILES string of the molecule is O=C(Nc1cc(OCC(F)F)cc([N+](=O)[O-])c1)c1cn(-c2ccccc2)nc1C12CC3CC(CC(C3)C1)C2. The van der Waals surface area contributed by atoms with E-state index in [1.807, 2.05) is 30.3 Å². The first kappa shape index (κ1) is 24.5. The zero-order valence-corrected chi connectivity index (χ0v) is 20.7. The Bertz CT molecular complexity index is 1340. The van der Waals surface area contributed by atoms with Gasteiger partial charge in [0, 0.05) is 23.7 Å². The second-order valence-electron chi connectivity index (χ2n) is 11.0. The molecule has 4 saturated carbocycles. The molecule has 0 radical (unpaired) electrons. The number of hydrogen-bond acceptors (Lipinski definition) is 5. The summed E-state index contributed by atoms with van der Waals surface area (Å²) in [5.41, 5.74) is 1.59. The number of nitro benzene ring substituents is 1. The maximum Gasteiger partial charge on any atom is 0.275 e. The molecule has 0 saturated heterocycles. The molecule has 4 bridgehead atoms. The van der Waals surface area contributed by atoms with Gasteiger partial charge >= 0.3 is 0 Å². The van der Waals surface area contributed by atoms with Crippen LogP contribution in [0.4, 0.5) is 20.2 Å². The number of nitro groups is 1. The number of nitrogens with one attached hydrogen (secondary N) is 1. The molecule has 38 heavy (non-hydrogen) atoms. The highest BCUT2D eigenvalue weighted by Crippen LogP contribution is 2.61. The molecular formula is C28H28F2N4O4. The van der Waals surface area contributed by atoms with Gasteiger partial charge < -0.3 is 10.1 Å². The van der Waals surface area contributed by atoms with Crippen LogP contribution in [0.2, 0.25) is 0 Å². The first-order chi connectivity index (χ1) is 18.3. The van der Waals surface area contributed by atoms with Gasteiger partial charge in [0.05, 0.1) is 33.6 Å². The van der Waals surface area contributed by atoms with E-state index in [-0.39, 0.29) is 22.5 Å². The summed E-state index contributed by atoms with van der Waals surface area (Å²) in [6.07, 6.45) is 5.75. The summed E-state index contributed by atoms with van der Waals surface area (Å²) in [5, 5.41) is 19.2. The summed E-state index contributed by atoms with van der Waals surface area (Å²) >= 11 is 0. The number of anilines is 1. The average molecular weight is 523 g/mol. The van der Waals surface area contributed by atoms with E-state index >= 15 is 0 Å². The topological polar surface area (TPSA) is 99.3 Å². The number of alkyl halides is 2. The fraction of sp³-hybridized carbons (Fsp3) is 0.429. The van der Waals surface area contributed by atoms with Crippen LogP contribution in [-0.2, 0) is 5.41 Å². The fourth-order valence-corrected chi connectivity index (χ4v) is 7.25. The number of para-hydroxylation sites is 1. The lowest BCUT2D eigenvalue weighted by atomic mass is 9.48. The number of carbonyl (C=O) groups excluding carboxylic acids is 1. The summed E-state index contributed by atoms with van der Waals surface area (Å²) in [4.78, 5) is 24.5. The van der Waals surface area contributed by atoms with Crippen molar-refractivity contribution in [2.24, 2.45) is 17.8 Å². The van der Waals surface area contributed by atoms with Crippen LogP contribution in [-0.4, -0.2) is 33.6 Å². The van der Waals surface area contributed by atoms with Crippen molar-refractivity contribution >= 4 is 17.3 Å². The molecule has 10 heteroatoms. The Labute approximate surface area is 218 Å². The molecule has 8 nitrogen and oxygen atoms in total. The summed E-state index contributed by atoms with van der Waals surface area (Å²) in [6, 6.07) is 13.1. The van der Waals surface area contributed by atoms with E-state index in [0.717, 1.165) is 36.7 Å². The number of benzene rings is 2. The number of amides is 1. The minimum Gasteiger partial charge on any atom is -0.487 e. The minimum atomic E-state index is -2.74. The molecule has 198 valence electrons. The van der Waals surface area contributed by atoms with Gasteiger partial charge in [0.2, 0.25) is 0 Å². The van der Waals surface area contributed by atoms with E-state index in [1.54, 1.807) is 10.9 Å². The van der Waals surface area contributed by atoms with Crippen molar-refractivity contribution in [1.29, 1.82) is 0 Å². The minimum absolute atomic E-state index is 0.0948. The van der Waals surface area contributed by atoms with Gasteiger partial charge in [-0.3, -0.25) is 14.9 Å². The third kappa shape index (κ3) is 4.63. The van der Waals surface area contributed by atoms with Gasteiger partial charge in [-0.2, -0.15) is 5.10 Å². The highest BCUT2D eigenvalue weighted by Gasteiger charge is 2.54. The number of carbonyl (C=O) groups is 1. The number of nitrogens with zero attached hydrogens (tertiary/aromatic N) is 3. The smallest absolute Gasteiger partial charge is 0.275 e. The molecule has 1 N–H and O–H groups in total. The van der Waals surface area contributed by atoms with E-state index in [9.17, 15) is 23.7 Å². The molecule has 0 spiro atoms. The summed E-state index contributed by atoms with van der Waals surface area (Å²) in [6.45, 7) is -0.908. The lowest BCUT2D eigenvalue weighted by Gasteiger charge is -2.56. The van der Waals surface area contributed by atoms with Crippen LogP contribution in [0.3, 0.4) is 0 Å². The molecule has 2 aromatic carbocycles. The van der Waals surface area contributed by atoms with E-state index in [2.05, 4.69) is 5.32 Å². The van der Waals surface area contributed by atoms with Crippen molar-refractivity contribution in [3.05, 3.63) is 76.1 Å². The quantitative estimate of drug-likeness (QED) is 0.283. The average Bonchev–Trinajstić information content (AvgIpc) is 3.34. The van der Waals surface area contributed by atoms with Gasteiger partial charge in [-0.15, -0.1) is 0 Å². The van der Waals surface area contributed by atoms with Gasteiger partial charge in [-0.25, -0.2) is 13.5 Å². The highest BCUT2D eigenvalue weighted by molar-refractivity contribution is 6.05. The zero-order valence-electron chi connectivity index (χ0n) is 20.7. The predicted molar refractivity (Wildman–Crippen MR) is 136 cm³/mol. The Balaban J connectivity index is 1.37. The largest absolute Gasteiger partial charge is 0.487 e. The van der Waals surface area contributed by atoms with Crippen molar-refractivity contribution < 1.29 is 23.2 Å². The maximum absolute atomic E-state index is 13.7. The van der Waals surface area contributed by atoms with Crippen LogP contribution in [0, 0.1) is 27.9 Å². The molecule has 4 aliphatic carbocycles. The number of hydrogen-bond donors (Lipinski definition) is 1. The van der Waals surface area contributed by atoms with Gasteiger partial charge in [-0.1, -0.05) is 18.2 Å². The molecule has 7 rings (SSSR count). The third-order valence-electron chi connectivity index (χ3n) is 8.26. The summed E-state index contributed by atoms with van der Waals surface area (Å²) in [5.74, 6) is 1.37. The Kier molecular flexibility index (Phi) is 6.12. The Morgan fingerprint density at radius 2 is 1.76 bits per heavy atom. The monoisotopic (exact) mass is 522 g/mol. The second kappa shape index (κ2) is 9.49. The van der Waals surface area contributed by atoms with Crippen LogP contribution >= 0.6 is 0 Å². The Morgan fingerprint density at radius 3 is 2.37 bits per heavy atom. The lowest BCUT2D eigenvalue weighted by Crippen LogP contribution is -2.49. The molecule has 1 amide bonds. The predicted octanol–water partition coefficient (Wildman–Crippen LogP) is 6.14. The highest BCUT2D eigenvalue weighted by atomic mass is 19.3. The molecule has 4 fully saturated rings. The molecule has 0 aliphatic heterocycles. The number of aromatic nitrogens is 2. The van der Waals surface area contributed by atoms with Gasteiger partial charge in [0.25, 0.3) is 18.0 Å². The Morgan fingerprint density at radius 1 is 1.11 bits per heavy atom. The third-order valence-corrected chi connectivity index (χ3v) is 8.26. The van der Waals surface area contributed by atoms with Crippen LogP contribution < -0.4 is 10.1 Å². The van der Waals surface area contributed by atoms with Crippen LogP contribution in [0.25, 0.3) is 5.69 Å². The second-order valence-corrected chi connectivity index (χ2v) is 11.0. The van der Waals surface area contributed by atoms with Crippen LogP contribution in [0.5, 0.6) is 5.75 Å². The molecular weight excluding hydrogens is 494 g/mol. The van der Waals surface area contributed by atoms with E-state index in [1.165, 1.54) is 31.4 Å². The first-order valence-corrected chi connectivity index (χ1v) is 13.0. The Hall–Kier alpha value is -3.82. The standard InChI is InChI=1S/C28H28F2N4O4/c29-25(30)16-38-23-10-20(9-22(11-23)34(36)37)31-27(35)24-15-33(21-4-2-1-3-5-21)32-26(24)28-12-17-6-18(13-28)8-19(7-17)14-28/h1-5,9-11,15,17-19,25H,6-8,12-14,16H2,(H,31,35). The molecule has 4 aliphatic rings. The maximum atomic E-state index is 13.7. The molecule has 0 unspecified atom stereocenters. The van der Waals surface area contributed by atoms with Crippen LogP contribution in [0.1, 0.15) is 54.6 Å². The number of rotatable bonds is 8. The zero-order chi connectivity index (χ0) is 26.4. The molecule has 1 heterocycles. The van der Waals surface area contributed by atoms with Gasteiger partial charge in [0.15, 0.2) is 0 Å². The summed E-state index contributed by atoms with van der Waals surface area (Å²) in [7, 11) is 0. The van der Waals surface area contributed by atoms with Crippen molar-refractivity contribution in [2.75, 3.05) is 11.9 Å². The number of non-ortho nitro benzene ring substituents is 1. The fourth-order valence-electron chi connectivity index (χ4n) is 7.25. The van der Waals surface area contributed by atoms with E-state index in [0.29, 0.717) is 23.3 Å². The van der Waals surface area contributed by atoms with Crippen molar-refractivity contribution in [2.45, 2.75) is 50.4 Å². The first-order valence-electron chi connectivity index (χ1n) is 13.0. The molecule has 1 aromatic heterocycles. The van der Waals surface area contributed by atoms with E-state index in [4.69, 9.17) is 9.84 Å². The van der Waals surface area contributed by atoms with Crippen molar-refractivity contribution in [3.63, 3.8) is 0 Å². The summed E-state index contributed by atoms with van der Waals surface area (Å²) < 4.78 is 32.1. The van der Waals surface area contributed by atoms with E-state index < -0.39 is 23.9 Å². The normalized spacial score (nSPS) is 25.5.